The molecule has 30 heavy (non-hydrogen) atoms. The van der Waals surface area contributed by atoms with Gasteiger partial charge in [-0.25, -0.2) is 0 Å². The van der Waals surface area contributed by atoms with Crippen LogP contribution in [-0.2, 0) is 4.79 Å². The third-order valence-electron chi connectivity index (χ3n) is 4.47. The molecule has 0 fully saturated rings. The van der Waals surface area contributed by atoms with Gasteiger partial charge in [0.15, 0.2) is 11.0 Å². The lowest BCUT2D eigenvalue weighted by atomic mass is 10.2. The molecule has 0 atom stereocenters. The Hall–Kier alpha value is -3.58. The largest absolute Gasteiger partial charge is 0.506 e. The van der Waals surface area contributed by atoms with Crippen LogP contribution in [-0.4, -0.2) is 31.5 Å². The quantitative estimate of drug-likeness (QED) is 0.352. The van der Waals surface area contributed by atoms with Crippen molar-refractivity contribution in [3.63, 3.8) is 0 Å². The summed E-state index contributed by atoms with van der Waals surface area (Å²) in [6, 6.07) is 24.5. The van der Waals surface area contributed by atoms with Crippen molar-refractivity contribution in [1.82, 2.24) is 14.8 Å². The predicted octanol–water partition coefficient (Wildman–Crippen LogP) is 4.68. The smallest absolute Gasteiger partial charge is 0.234 e. The second kappa shape index (κ2) is 8.84. The van der Waals surface area contributed by atoms with E-state index in [4.69, 9.17) is 0 Å². The van der Waals surface area contributed by atoms with Crippen molar-refractivity contribution < 1.29 is 9.90 Å². The Morgan fingerprint density at radius 2 is 1.67 bits per heavy atom. The molecule has 3 aromatic carbocycles. The summed E-state index contributed by atoms with van der Waals surface area (Å²) in [6.45, 7) is 2.03. The number of phenolic OH excluding ortho intramolecular Hbond substituents is 1. The molecule has 0 aliphatic carbocycles. The summed E-state index contributed by atoms with van der Waals surface area (Å²) in [4.78, 5) is 12.4. The SMILES string of the molecule is Cc1ccc(-n2c(SCC(=O)Nc3ccccc3O)nnc2-c2ccccc2)cc1. The first-order chi connectivity index (χ1) is 14.6. The zero-order valence-corrected chi connectivity index (χ0v) is 17.1. The van der Waals surface area contributed by atoms with Crippen LogP contribution >= 0.6 is 11.8 Å². The van der Waals surface area contributed by atoms with Gasteiger partial charge in [-0.3, -0.25) is 9.36 Å². The minimum atomic E-state index is -0.235. The Morgan fingerprint density at radius 1 is 0.967 bits per heavy atom. The van der Waals surface area contributed by atoms with Crippen LogP contribution in [0.15, 0.2) is 84.0 Å². The number of rotatable bonds is 6. The van der Waals surface area contributed by atoms with Crippen molar-refractivity contribution in [2.45, 2.75) is 12.1 Å². The number of aromatic nitrogens is 3. The molecule has 0 aliphatic heterocycles. The molecule has 2 N–H and O–H groups in total. The molecule has 7 heteroatoms. The fourth-order valence-corrected chi connectivity index (χ4v) is 3.71. The van der Waals surface area contributed by atoms with Crippen LogP contribution < -0.4 is 5.32 Å². The topological polar surface area (TPSA) is 80.0 Å². The van der Waals surface area contributed by atoms with E-state index in [1.807, 2.05) is 66.1 Å². The first-order valence-electron chi connectivity index (χ1n) is 9.40. The van der Waals surface area contributed by atoms with Crippen molar-refractivity contribution in [3.05, 3.63) is 84.4 Å². The highest BCUT2D eigenvalue weighted by molar-refractivity contribution is 7.99. The number of benzene rings is 3. The maximum atomic E-state index is 12.4. The number of anilines is 1. The van der Waals surface area contributed by atoms with Gasteiger partial charge in [-0.05, 0) is 31.2 Å². The molecule has 6 nitrogen and oxygen atoms in total. The van der Waals surface area contributed by atoms with Crippen molar-refractivity contribution >= 4 is 23.4 Å². The van der Waals surface area contributed by atoms with Crippen LogP contribution in [0.4, 0.5) is 5.69 Å². The number of phenols is 1. The first kappa shape index (κ1) is 19.7. The molecule has 0 aliphatic rings. The van der Waals surface area contributed by atoms with E-state index in [1.54, 1.807) is 18.2 Å². The maximum absolute atomic E-state index is 12.4. The van der Waals surface area contributed by atoms with E-state index >= 15 is 0 Å². The van der Waals surface area contributed by atoms with Gasteiger partial charge in [0.25, 0.3) is 0 Å². The summed E-state index contributed by atoms with van der Waals surface area (Å²) < 4.78 is 1.95. The molecular formula is C23H20N4O2S. The number of carbonyl (C=O) groups excluding carboxylic acids is 1. The number of hydrogen-bond acceptors (Lipinski definition) is 5. The Labute approximate surface area is 178 Å². The molecule has 0 radical (unpaired) electrons. The summed E-state index contributed by atoms with van der Waals surface area (Å²) in [5, 5.41) is 21.9. The lowest BCUT2D eigenvalue weighted by molar-refractivity contribution is -0.113. The second-order valence-electron chi connectivity index (χ2n) is 6.70. The number of thioether (sulfide) groups is 1. The number of para-hydroxylation sites is 2. The van der Waals surface area contributed by atoms with E-state index in [9.17, 15) is 9.90 Å². The highest BCUT2D eigenvalue weighted by atomic mass is 32.2. The van der Waals surface area contributed by atoms with Gasteiger partial charge < -0.3 is 10.4 Å². The second-order valence-corrected chi connectivity index (χ2v) is 7.64. The fraction of sp³-hybridized carbons (Fsp3) is 0.0870. The first-order valence-corrected chi connectivity index (χ1v) is 10.4. The molecule has 1 aromatic heterocycles. The van der Waals surface area contributed by atoms with Crippen LogP contribution in [0.5, 0.6) is 5.75 Å². The number of nitrogens with zero attached hydrogens (tertiary/aromatic N) is 3. The zero-order valence-electron chi connectivity index (χ0n) is 16.3. The Morgan fingerprint density at radius 3 is 2.40 bits per heavy atom. The van der Waals surface area contributed by atoms with E-state index in [2.05, 4.69) is 15.5 Å². The molecule has 0 unspecified atom stereocenters. The van der Waals surface area contributed by atoms with Crippen molar-refractivity contribution in [2.75, 3.05) is 11.1 Å². The van der Waals surface area contributed by atoms with Gasteiger partial charge in [-0.1, -0.05) is 71.9 Å². The normalized spacial score (nSPS) is 10.7. The number of amides is 1. The summed E-state index contributed by atoms with van der Waals surface area (Å²) in [6.07, 6.45) is 0. The van der Waals surface area contributed by atoms with E-state index in [0.717, 1.165) is 16.8 Å². The van der Waals surface area contributed by atoms with E-state index < -0.39 is 0 Å². The number of nitrogens with one attached hydrogen (secondary N) is 1. The molecule has 1 amide bonds. The van der Waals surface area contributed by atoms with Crippen molar-refractivity contribution in [3.8, 4) is 22.8 Å². The molecular weight excluding hydrogens is 396 g/mol. The van der Waals surface area contributed by atoms with Crippen LogP contribution in [0, 0.1) is 6.92 Å². The third-order valence-corrected chi connectivity index (χ3v) is 5.40. The van der Waals surface area contributed by atoms with Gasteiger partial charge in [-0.15, -0.1) is 10.2 Å². The van der Waals surface area contributed by atoms with Gasteiger partial charge in [0.2, 0.25) is 5.91 Å². The van der Waals surface area contributed by atoms with Crippen molar-refractivity contribution in [2.24, 2.45) is 0 Å². The Bertz CT molecular complexity index is 1160. The zero-order chi connectivity index (χ0) is 20.9. The van der Waals surface area contributed by atoms with E-state index in [-0.39, 0.29) is 17.4 Å². The summed E-state index contributed by atoms with van der Waals surface area (Å²) in [5.41, 5.74) is 3.40. The highest BCUT2D eigenvalue weighted by Gasteiger charge is 2.17. The van der Waals surface area contributed by atoms with Crippen LogP contribution in [0.25, 0.3) is 17.1 Å². The van der Waals surface area contributed by atoms with Crippen LogP contribution in [0.1, 0.15) is 5.56 Å². The molecule has 4 aromatic rings. The number of hydrogen-bond donors (Lipinski definition) is 2. The highest BCUT2D eigenvalue weighted by Crippen LogP contribution is 2.28. The molecule has 0 bridgehead atoms. The summed E-state index contributed by atoms with van der Waals surface area (Å²) in [5.74, 6) is 0.641. The van der Waals surface area contributed by atoms with Crippen LogP contribution in [0.3, 0.4) is 0 Å². The van der Waals surface area contributed by atoms with Crippen LogP contribution in [0.2, 0.25) is 0 Å². The Balaban J connectivity index is 1.60. The summed E-state index contributed by atoms with van der Waals surface area (Å²) in [7, 11) is 0. The van der Waals surface area contributed by atoms with E-state index in [1.165, 1.54) is 17.8 Å². The average molecular weight is 417 g/mol. The van der Waals surface area contributed by atoms with Gasteiger partial charge in [0.1, 0.15) is 5.75 Å². The molecule has 1 heterocycles. The molecule has 0 saturated carbocycles. The van der Waals surface area contributed by atoms with Gasteiger partial charge in [-0.2, -0.15) is 0 Å². The average Bonchev–Trinajstić information content (AvgIpc) is 3.19. The van der Waals surface area contributed by atoms with Gasteiger partial charge in [0.05, 0.1) is 11.4 Å². The molecule has 4 rings (SSSR count). The minimum Gasteiger partial charge on any atom is -0.506 e. The van der Waals surface area contributed by atoms with Gasteiger partial charge >= 0.3 is 0 Å². The molecule has 150 valence electrons. The Kier molecular flexibility index (Phi) is 5.81. The van der Waals surface area contributed by atoms with E-state index in [0.29, 0.717) is 16.7 Å². The number of carbonyl (C=O) groups is 1. The third kappa shape index (κ3) is 4.36. The lowest BCUT2D eigenvalue weighted by Crippen LogP contribution is -2.14. The fourth-order valence-electron chi connectivity index (χ4n) is 2.96. The minimum absolute atomic E-state index is 0.0324. The van der Waals surface area contributed by atoms with Gasteiger partial charge in [0, 0.05) is 11.3 Å². The monoisotopic (exact) mass is 416 g/mol. The number of aryl methyl sites for hydroxylation is 1. The van der Waals surface area contributed by atoms with Crippen molar-refractivity contribution in [1.29, 1.82) is 0 Å². The predicted molar refractivity (Wildman–Crippen MR) is 119 cm³/mol. The summed E-state index contributed by atoms with van der Waals surface area (Å²) >= 11 is 1.29. The number of aromatic hydroxyl groups is 1. The maximum Gasteiger partial charge on any atom is 0.234 e. The molecule has 0 spiro atoms. The standard InChI is InChI=1S/C23H20N4O2S/c1-16-11-13-18(14-12-16)27-22(17-7-3-2-4-8-17)25-26-23(27)30-15-21(29)24-19-9-5-6-10-20(19)28/h2-14,28H,15H2,1H3,(H,24,29). The molecule has 0 saturated heterocycles. The lowest BCUT2D eigenvalue weighted by Gasteiger charge is -2.11.